The third-order valence-corrected chi connectivity index (χ3v) is 2.87. The van der Waals surface area contributed by atoms with E-state index >= 15 is 0 Å². The van der Waals surface area contributed by atoms with E-state index in [-0.39, 0.29) is 11.4 Å². The minimum Gasteiger partial charge on any atom is -0.266 e. The second-order valence-corrected chi connectivity index (χ2v) is 3.99. The zero-order chi connectivity index (χ0) is 12.7. The highest BCUT2D eigenvalue weighted by Gasteiger charge is 2.39. The number of aromatic nitrogens is 2. The molecule has 0 bridgehead atoms. The monoisotopic (exact) mass is 239 g/mol. The molecule has 0 N–H and O–H groups in total. The van der Waals surface area contributed by atoms with Crippen molar-refractivity contribution in [1.29, 1.82) is 0 Å². The Morgan fingerprint density at radius 2 is 1.50 bits per heavy atom. The highest BCUT2D eigenvalue weighted by atomic mass is 16.2. The lowest BCUT2D eigenvalue weighted by molar-refractivity contribution is 0.0923. The molecule has 0 saturated carbocycles. The van der Waals surface area contributed by atoms with E-state index in [0.717, 1.165) is 10.5 Å². The van der Waals surface area contributed by atoms with E-state index < -0.39 is 11.8 Å². The molecule has 5 heteroatoms. The molecule has 2 aromatic rings. The average molecular weight is 239 g/mol. The number of rotatable bonds is 1. The van der Waals surface area contributed by atoms with Gasteiger partial charge in [0, 0.05) is 12.4 Å². The van der Waals surface area contributed by atoms with Crippen molar-refractivity contribution in [3.05, 3.63) is 53.6 Å². The summed E-state index contributed by atoms with van der Waals surface area (Å²) in [6.07, 6.45) is 2.82. The number of para-hydroxylation sites is 1. The molecule has 1 aromatic heterocycles. The molecule has 1 aliphatic rings. The highest BCUT2D eigenvalue weighted by Crippen LogP contribution is 2.27. The zero-order valence-corrected chi connectivity index (χ0v) is 9.62. The van der Waals surface area contributed by atoms with E-state index in [4.69, 9.17) is 0 Å². The number of hydrogen-bond acceptors (Lipinski definition) is 4. The van der Waals surface area contributed by atoms with Crippen LogP contribution in [-0.2, 0) is 0 Å². The number of benzene rings is 1. The predicted molar refractivity (Wildman–Crippen MR) is 64.4 cm³/mol. The van der Waals surface area contributed by atoms with Gasteiger partial charge in [-0.15, -0.1) is 0 Å². The van der Waals surface area contributed by atoms with Crippen LogP contribution in [0.3, 0.4) is 0 Å². The van der Waals surface area contributed by atoms with Gasteiger partial charge in [0.05, 0.1) is 5.69 Å². The van der Waals surface area contributed by atoms with Crippen LogP contribution in [0.1, 0.15) is 26.5 Å². The van der Waals surface area contributed by atoms with Crippen LogP contribution in [0.25, 0.3) is 0 Å². The summed E-state index contributed by atoms with van der Waals surface area (Å²) < 4.78 is 0. The van der Waals surface area contributed by atoms with Crippen molar-refractivity contribution in [2.45, 2.75) is 6.92 Å². The molecule has 0 saturated heterocycles. The van der Waals surface area contributed by atoms with Crippen LogP contribution in [-0.4, -0.2) is 21.8 Å². The van der Waals surface area contributed by atoms with Gasteiger partial charge >= 0.3 is 0 Å². The molecule has 2 amide bonds. The molecule has 3 rings (SSSR count). The Labute approximate surface area is 103 Å². The number of aryl methyl sites for hydroxylation is 1. The van der Waals surface area contributed by atoms with Gasteiger partial charge in [0.15, 0.2) is 11.4 Å². The summed E-state index contributed by atoms with van der Waals surface area (Å²) in [4.78, 5) is 33.3. The molecule has 2 heterocycles. The fraction of sp³-hybridized carbons (Fsp3) is 0.0769. The molecule has 1 aliphatic heterocycles. The number of amides is 2. The Hall–Kier alpha value is -2.56. The van der Waals surface area contributed by atoms with Crippen LogP contribution in [0, 0.1) is 6.92 Å². The molecule has 0 radical (unpaired) electrons. The molecule has 0 unspecified atom stereocenters. The van der Waals surface area contributed by atoms with Crippen molar-refractivity contribution >= 4 is 17.5 Å². The minimum atomic E-state index is -0.419. The number of hydrogen-bond donors (Lipinski definition) is 0. The molecular formula is C13H9N3O2. The number of nitrogens with zero attached hydrogens (tertiary/aromatic N) is 3. The van der Waals surface area contributed by atoms with Gasteiger partial charge in [0.2, 0.25) is 0 Å². The van der Waals surface area contributed by atoms with Gasteiger partial charge in [-0.1, -0.05) is 18.2 Å². The molecule has 0 aliphatic carbocycles. The second kappa shape index (κ2) is 3.73. The lowest BCUT2D eigenvalue weighted by Gasteiger charge is -2.15. The Bertz CT molecular complexity index is 632. The van der Waals surface area contributed by atoms with Crippen LogP contribution in [0.5, 0.6) is 0 Å². The van der Waals surface area contributed by atoms with E-state index in [1.807, 2.05) is 19.1 Å². The van der Waals surface area contributed by atoms with Crippen LogP contribution < -0.4 is 4.90 Å². The fourth-order valence-corrected chi connectivity index (χ4v) is 1.99. The van der Waals surface area contributed by atoms with Gasteiger partial charge in [-0.05, 0) is 18.6 Å². The number of carbonyl (C=O) groups is 2. The van der Waals surface area contributed by atoms with Gasteiger partial charge < -0.3 is 0 Å². The van der Waals surface area contributed by atoms with Crippen molar-refractivity contribution in [2.75, 3.05) is 4.90 Å². The zero-order valence-electron chi connectivity index (χ0n) is 9.62. The van der Waals surface area contributed by atoms with Gasteiger partial charge in [-0.2, -0.15) is 0 Å². The SMILES string of the molecule is Cc1ccccc1N1C(=O)c2nccnc2C1=O. The predicted octanol–water partition coefficient (Wildman–Crippen LogP) is 1.59. The van der Waals surface area contributed by atoms with Crippen LogP contribution in [0.15, 0.2) is 36.7 Å². The first-order valence-corrected chi connectivity index (χ1v) is 5.45. The number of imide groups is 1. The van der Waals surface area contributed by atoms with E-state index in [2.05, 4.69) is 9.97 Å². The van der Waals surface area contributed by atoms with E-state index in [1.54, 1.807) is 12.1 Å². The molecule has 0 atom stereocenters. The van der Waals surface area contributed by atoms with Crippen molar-refractivity contribution in [3.63, 3.8) is 0 Å². The first-order valence-electron chi connectivity index (χ1n) is 5.45. The lowest BCUT2D eigenvalue weighted by Crippen LogP contribution is -2.30. The Kier molecular flexibility index (Phi) is 2.19. The van der Waals surface area contributed by atoms with Crippen LogP contribution in [0.2, 0.25) is 0 Å². The third-order valence-electron chi connectivity index (χ3n) is 2.87. The maximum Gasteiger partial charge on any atom is 0.286 e. The smallest absolute Gasteiger partial charge is 0.266 e. The van der Waals surface area contributed by atoms with Crippen molar-refractivity contribution < 1.29 is 9.59 Å². The van der Waals surface area contributed by atoms with Crippen molar-refractivity contribution in [1.82, 2.24) is 9.97 Å². The maximum atomic E-state index is 12.2. The van der Waals surface area contributed by atoms with Crippen molar-refractivity contribution in [3.8, 4) is 0 Å². The number of fused-ring (bicyclic) bond motifs is 1. The van der Waals surface area contributed by atoms with E-state index in [1.165, 1.54) is 12.4 Å². The lowest BCUT2D eigenvalue weighted by atomic mass is 10.2. The van der Waals surface area contributed by atoms with Gasteiger partial charge in [0.1, 0.15) is 0 Å². The molecule has 88 valence electrons. The summed E-state index contributed by atoms with van der Waals surface area (Å²) in [5.41, 5.74) is 1.66. The fourth-order valence-electron chi connectivity index (χ4n) is 1.99. The Morgan fingerprint density at radius 1 is 0.944 bits per heavy atom. The molecule has 1 aromatic carbocycles. The molecule has 5 nitrogen and oxygen atoms in total. The Morgan fingerprint density at radius 3 is 2.06 bits per heavy atom. The van der Waals surface area contributed by atoms with Crippen LogP contribution in [0.4, 0.5) is 5.69 Å². The molecule has 0 fully saturated rings. The molecule has 18 heavy (non-hydrogen) atoms. The second-order valence-electron chi connectivity index (χ2n) is 3.99. The summed E-state index contributed by atoms with van der Waals surface area (Å²) in [6, 6.07) is 7.22. The average Bonchev–Trinajstić information content (AvgIpc) is 2.64. The van der Waals surface area contributed by atoms with Crippen molar-refractivity contribution in [2.24, 2.45) is 0 Å². The van der Waals surface area contributed by atoms with Crippen LogP contribution >= 0.6 is 0 Å². The highest BCUT2D eigenvalue weighted by molar-refractivity contribution is 6.33. The van der Waals surface area contributed by atoms with Gasteiger partial charge in [-0.3, -0.25) is 9.59 Å². The summed E-state index contributed by atoms with van der Waals surface area (Å²) in [7, 11) is 0. The Balaban J connectivity index is 2.16. The first-order chi connectivity index (χ1) is 8.70. The number of anilines is 1. The minimum absolute atomic E-state index is 0.116. The summed E-state index contributed by atoms with van der Waals surface area (Å²) >= 11 is 0. The van der Waals surface area contributed by atoms with Gasteiger partial charge in [-0.25, -0.2) is 14.9 Å². The normalized spacial score (nSPS) is 13.9. The largest absolute Gasteiger partial charge is 0.286 e. The van der Waals surface area contributed by atoms with E-state index in [0.29, 0.717) is 5.69 Å². The standard InChI is InChI=1S/C13H9N3O2/c1-8-4-2-3-5-9(8)16-12(17)10-11(13(16)18)15-7-6-14-10/h2-7H,1H3. The molecule has 0 spiro atoms. The quantitative estimate of drug-likeness (QED) is 0.709. The summed E-state index contributed by atoms with van der Waals surface area (Å²) in [5.74, 6) is -0.838. The maximum absolute atomic E-state index is 12.2. The summed E-state index contributed by atoms with van der Waals surface area (Å²) in [5, 5.41) is 0. The third kappa shape index (κ3) is 1.34. The van der Waals surface area contributed by atoms with E-state index in [9.17, 15) is 9.59 Å². The van der Waals surface area contributed by atoms with Gasteiger partial charge in [0.25, 0.3) is 11.8 Å². The summed E-state index contributed by atoms with van der Waals surface area (Å²) in [6.45, 7) is 1.85. The molecular weight excluding hydrogens is 230 g/mol. The number of carbonyl (C=O) groups excluding carboxylic acids is 2. The first kappa shape index (κ1) is 10.6. The topological polar surface area (TPSA) is 63.2 Å².